The normalized spacial score (nSPS) is 18.7. The highest BCUT2D eigenvalue weighted by molar-refractivity contribution is 5.38. The van der Waals surface area contributed by atoms with Crippen LogP contribution in [-0.2, 0) is 5.41 Å². The molecule has 0 spiro atoms. The Morgan fingerprint density at radius 1 is 1.06 bits per heavy atom. The van der Waals surface area contributed by atoms with Crippen LogP contribution in [-0.4, -0.2) is 10.1 Å². The van der Waals surface area contributed by atoms with Crippen molar-refractivity contribution in [3.05, 3.63) is 48.2 Å². The Morgan fingerprint density at radius 3 is 2.39 bits per heavy atom. The van der Waals surface area contributed by atoms with E-state index in [0.29, 0.717) is 5.75 Å². The number of oxazole rings is 1. The Kier molecular flexibility index (Phi) is 2.82. The van der Waals surface area contributed by atoms with Gasteiger partial charge in [0.2, 0.25) is 0 Å². The van der Waals surface area contributed by atoms with Crippen molar-refractivity contribution in [2.24, 2.45) is 0 Å². The number of rotatable bonds is 2. The summed E-state index contributed by atoms with van der Waals surface area (Å²) in [6.45, 7) is 0. The number of benzene rings is 1. The maximum atomic E-state index is 9.44. The molecule has 3 heteroatoms. The molecule has 0 atom stereocenters. The fraction of sp³-hybridized carbons (Fsp3) is 0.400. The lowest BCUT2D eigenvalue weighted by molar-refractivity contribution is 0.337. The molecule has 94 valence electrons. The zero-order valence-corrected chi connectivity index (χ0v) is 10.3. The molecule has 2 aromatic rings. The van der Waals surface area contributed by atoms with Crippen molar-refractivity contribution in [2.45, 2.75) is 37.5 Å². The van der Waals surface area contributed by atoms with Crippen molar-refractivity contribution in [3.63, 3.8) is 0 Å². The monoisotopic (exact) mass is 243 g/mol. The average molecular weight is 243 g/mol. The predicted molar refractivity (Wildman–Crippen MR) is 68.5 cm³/mol. The minimum Gasteiger partial charge on any atom is -0.508 e. The van der Waals surface area contributed by atoms with Gasteiger partial charge in [-0.25, -0.2) is 4.98 Å². The molecule has 0 amide bonds. The fourth-order valence-electron chi connectivity index (χ4n) is 3.08. The summed E-state index contributed by atoms with van der Waals surface area (Å²) in [5, 5.41) is 9.44. The molecule has 1 saturated carbocycles. The molecule has 0 aliphatic heterocycles. The number of nitrogens with zero attached hydrogens (tertiary/aromatic N) is 1. The quantitative estimate of drug-likeness (QED) is 0.876. The second kappa shape index (κ2) is 4.48. The summed E-state index contributed by atoms with van der Waals surface area (Å²) in [6, 6.07) is 7.53. The van der Waals surface area contributed by atoms with Gasteiger partial charge in [0.05, 0.1) is 5.69 Å². The van der Waals surface area contributed by atoms with E-state index in [1.54, 1.807) is 18.4 Å². The predicted octanol–water partition coefficient (Wildman–Crippen LogP) is 3.63. The minimum absolute atomic E-state index is 0.0288. The molecule has 3 nitrogen and oxygen atoms in total. The van der Waals surface area contributed by atoms with Crippen LogP contribution < -0.4 is 0 Å². The van der Waals surface area contributed by atoms with Gasteiger partial charge >= 0.3 is 0 Å². The van der Waals surface area contributed by atoms with E-state index in [1.165, 1.54) is 31.2 Å². The molecular formula is C15H17NO2. The van der Waals surface area contributed by atoms with Crippen molar-refractivity contribution >= 4 is 0 Å². The number of hydrogen-bond acceptors (Lipinski definition) is 3. The maximum Gasteiger partial charge on any atom is 0.180 e. The maximum absolute atomic E-state index is 9.44. The zero-order chi connectivity index (χ0) is 12.4. The molecule has 1 aromatic heterocycles. The van der Waals surface area contributed by atoms with Gasteiger partial charge in [0.1, 0.15) is 12.0 Å². The standard InChI is InChI=1S/C15H17NO2/c17-13-6-4-12(5-7-13)15(8-2-1-3-9-15)14-10-18-11-16-14/h4-7,10-11,17H,1-3,8-9H2. The second-order valence-corrected chi connectivity index (χ2v) is 5.06. The van der Waals surface area contributed by atoms with Gasteiger partial charge in [-0.1, -0.05) is 31.4 Å². The first-order chi connectivity index (χ1) is 8.81. The van der Waals surface area contributed by atoms with E-state index in [9.17, 15) is 5.11 Å². The van der Waals surface area contributed by atoms with E-state index >= 15 is 0 Å². The van der Waals surface area contributed by atoms with Crippen LogP contribution in [0.4, 0.5) is 0 Å². The smallest absolute Gasteiger partial charge is 0.180 e. The van der Waals surface area contributed by atoms with Gasteiger partial charge in [0.25, 0.3) is 0 Å². The largest absolute Gasteiger partial charge is 0.508 e. The number of phenolic OH excluding ortho intramolecular Hbond substituents is 1. The second-order valence-electron chi connectivity index (χ2n) is 5.06. The van der Waals surface area contributed by atoms with Crippen LogP contribution in [0.25, 0.3) is 0 Å². The van der Waals surface area contributed by atoms with E-state index in [2.05, 4.69) is 4.98 Å². The van der Waals surface area contributed by atoms with Crippen LogP contribution in [0.2, 0.25) is 0 Å². The van der Waals surface area contributed by atoms with Gasteiger partial charge in [-0.15, -0.1) is 0 Å². The van der Waals surface area contributed by atoms with Crippen LogP contribution in [0, 0.1) is 0 Å². The molecular weight excluding hydrogens is 226 g/mol. The average Bonchev–Trinajstić information content (AvgIpc) is 2.95. The summed E-state index contributed by atoms with van der Waals surface area (Å²) >= 11 is 0. The highest BCUT2D eigenvalue weighted by Gasteiger charge is 2.37. The van der Waals surface area contributed by atoms with E-state index in [1.807, 2.05) is 12.1 Å². The first-order valence-corrected chi connectivity index (χ1v) is 6.49. The Balaban J connectivity index is 2.07. The van der Waals surface area contributed by atoms with Crippen LogP contribution in [0.15, 0.2) is 41.3 Å². The van der Waals surface area contributed by atoms with Gasteiger partial charge < -0.3 is 9.52 Å². The molecule has 0 bridgehead atoms. The van der Waals surface area contributed by atoms with Crippen molar-refractivity contribution in [2.75, 3.05) is 0 Å². The van der Waals surface area contributed by atoms with E-state index in [-0.39, 0.29) is 5.41 Å². The molecule has 3 rings (SSSR count). The third-order valence-electron chi connectivity index (χ3n) is 4.05. The third kappa shape index (κ3) is 1.80. The molecule has 1 heterocycles. The Hall–Kier alpha value is -1.77. The first kappa shape index (κ1) is 11.3. The van der Waals surface area contributed by atoms with Crippen LogP contribution in [0.5, 0.6) is 5.75 Å². The molecule has 0 unspecified atom stereocenters. The highest BCUT2D eigenvalue weighted by Crippen LogP contribution is 2.44. The lowest BCUT2D eigenvalue weighted by Crippen LogP contribution is -2.30. The molecule has 1 aromatic carbocycles. The van der Waals surface area contributed by atoms with E-state index in [4.69, 9.17) is 4.42 Å². The SMILES string of the molecule is Oc1ccc(C2(c3cocn3)CCCCC2)cc1. The van der Waals surface area contributed by atoms with Crippen LogP contribution in [0.3, 0.4) is 0 Å². The number of aromatic hydroxyl groups is 1. The highest BCUT2D eigenvalue weighted by atomic mass is 16.3. The molecule has 1 aliphatic rings. The van der Waals surface area contributed by atoms with Gasteiger partial charge in [0, 0.05) is 5.41 Å². The number of phenols is 1. The van der Waals surface area contributed by atoms with Crippen LogP contribution >= 0.6 is 0 Å². The molecule has 1 aliphatic carbocycles. The van der Waals surface area contributed by atoms with Gasteiger partial charge in [0.15, 0.2) is 6.39 Å². The Morgan fingerprint density at radius 2 is 1.78 bits per heavy atom. The first-order valence-electron chi connectivity index (χ1n) is 6.49. The summed E-state index contributed by atoms with van der Waals surface area (Å²) in [4.78, 5) is 4.38. The van der Waals surface area contributed by atoms with Crippen molar-refractivity contribution in [3.8, 4) is 5.75 Å². The lowest BCUT2D eigenvalue weighted by atomic mass is 9.67. The summed E-state index contributed by atoms with van der Waals surface area (Å²) in [6.07, 6.45) is 9.19. The van der Waals surface area contributed by atoms with Crippen molar-refractivity contribution < 1.29 is 9.52 Å². The minimum atomic E-state index is -0.0288. The molecule has 0 saturated heterocycles. The summed E-state index contributed by atoms with van der Waals surface area (Å²) in [5.74, 6) is 0.310. The van der Waals surface area contributed by atoms with E-state index in [0.717, 1.165) is 18.5 Å². The molecule has 1 fully saturated rings. The number of aromatic nitrogens is 1. The zero-order valence-electron chi connectivity index (χ0n) is 10.3. The summed E-state index contributed by atoms with van der Waals surface area (Å²) in [5.41, 5.74) is 2.22. The van der Waals surface area contributed by atoms with Crippen LogP contribution in [0.1, 0.15) is 43.4 Å². The molecule has 0 radical (unpaired) electrons. The fourth-order valence-corrected chi connectivity index (χ4v) is 3.08. The number of hydrogen-bond donors (Lipinski definition) is 1. The van der Waals surface area contributed by atoms with Gasteiger partial charge in [-0.3, -0.25) is 0 Å². The van der Waals surface area contributed by atoms with Crippen molar-refractivity contribution in [1.29, 1.82) is 0 Å². The Labute approximate surface area is 106 Å². The van der Waals surface area contributed by atoms with E-state index < -0.39 is 0 Å². The topological polar surface area (TPSA) is 46.3 Å². The van der Waals surface area contributed by atoms with Crippen molar-refractivity contribution in [1.82, 2.24) is 4.98 Å². The third-order valence-corrected chi connectivity index (χ3v) is 4.05. The molecule has 18 heavy (non-hydrogen) atoms. The summed E-state index contributed by atoms with van der Waals surface area (Å²) < 4.78 is 5.18. The Bertz CT molecular complexity index is 496. The lowest BCUT2D eigenvalue weighted by Gasteiger charge is -2.36. The summed E-state index contributed by atoms with van der Waals surface area (Å²) in [7, 11) is 0. The molecule has 1 N–H and O–H groups in total. The van der Waals surface area contributed by atoms with Gasteiger partial charge in [-0.2, -0.15) is 0 Å². The van der Waals surface area contributed by atoms with Gasteiger partial charge in [-0.05, 0) is 30.5 Å².